The van der Waals surface area contributed by atoms with Crippen LogP contribution in [0.3, 0.4) is 0 Å². The molecule has 6 nitrogen and oxygen atoms in total. The molecular formula is C26H21ClN2O4S. The van der Waals surface area contributed by atoms with E-state index < -0.39 is 5.25 Å². The monoisotopic (exact) mass is 492 g/mol. The predicted octanol–water partition coefficient (Wildman–Crippen LogP) is 6.00. The minimum Gasteiger partial charge on any atom is -0.490 e. The van der Waals surface area contributed by atoms with Crippen LogP contribution in [0, 0.1) is 11.3 Å². The SMILES string of the molecule is CCOc1cc(C[C@H]2SC(=O)N(c3ccc(Cl)cc3)C2=O)ccc1OCc1ccccc1C#N. The van der Waals surface area contributed by atoms with Gasteiger partial charge in [-0.25, -0.2) is 4.90 Å². The first-order valence-electron chi connectivity index (χ1n) is 10.7. The third-order valence-electron chi connectivity index (χ3n) is 5.26. The van der Waals surface area contributed by atoms with Gasteiger partial charge in [0.1, 0.15) is 6.61 Å². The summed E-state index contributed by atoms with van der Waals surface area (Å²) >= 11 is 6.94. The van der Waals surface area contributed by atoms with E-state index in [0.717, 1.165) is 22.9 Å². The number of nitrogens with zero attached hydrogens (tertiary/aromatic N) is 2. The molecule has 1 fully saturated rings. The summed E-state index contributed by atoms with van der Waals surface area (Å²) in [7, 11) is 0. The van der Waals surface area contributed by atoms with E-state index in [-0.39, 0.29) is 17.8 Å². The lowest BCUT2D eigenvalue weighted by atomic mass is 10.1. The Morgan fingerprint density at radius 1 is 1.03 bits per heavy atom. The molecule has 3 aromatic rings. The summed E-state index contributed by atoms with van der Waals surface area (Å²) in [6.07, 6.45) is 0.372. The molecule has 0 N–H and O–H groups in total. The van der Waals surface area contributed by atoms with Crippen LogP contribution in [-0.4, -0.2) is 23.0 Å². The van der Waals surface area contributed by atoms with E-state index in [9.17, 15) is 14.9 Å². The summed E-state index contributed by atoms with van der Waals surface area (Å²) in [5.41, 5.74) is 2.70. The zero-order valence-corrected chi connectivity index (χ0v) is 19.9. The highest BCUT2D eigenvalue weighted by atomic mass is 35.5. The summed E-state index contributed by atoms with van der Waals surface area (Å²) < 4.78 is 11.7. The van der Waals surface area contributed by atoms with E-state index in [2.05, 4.69) is 6.07 Å². The largest absolute Gasteiger partial charge is 0.490 e. The summed E-state index contributed by atoms with van der Waals surface area (Å²) in [6, 6.07) is 21.5. The number of amides is 2. The first kappa shape index (κ1) is 23.7. The Bertz CT molecular complexity index is 1260. The molecule has 0 radical (unpaired) electrons. The molecule has 172 valence electrons. The molecule has 4 rings (SSSR count). The number of anilines is 1. The number of ether oxygens (including phenoxy) is 2. The number of hydrogen-bond acceptors (Lipinski definition) is 6. The number of rotatable bonds is 8. The van der Waals surface area contributed by atoms with Crippen molar-refractivity contribution < 1.29 is 19.1 Å². The highest BCUT2D eigenvalue weighted by molar-refractivity contribution is 8.15. The summed E-state index contributed by atoms with van der Waals surface area (Å²) in [4.78, 5) is 26.7. The van der Waals surface area contributed by atoms with E-state index in [1.54, 1.807) is 36.4 Å². The number of nitriles is 1. The molecule has 1 heterocycles. The fraction of sp³-hybridized carbons (Fsp3) is 0.192. The molecule has 0 aromatic heterocycles. The number of carbonyl (C=O) groups is 2. The Morgan fingerprint density at radius 2 is 1.79 bits per heavy atom. The van der Waals surface area contributed by atoms with E-state index in [0.29, 0.717) is 40.8 Å². The molecule has 1 atom stereocenters. The van der Waals surface area contributed by atoms with Crippen LogP contribution in [0.2, 0.25) is 5.02 Å². The van der Waals surface area contributed by atoms with Crippen molar-refractivity contribution in [1.82, 2.24) is 0 Å². The van der Waals surface area contributed by atoms with E-state index in [1.807, 2.05) is 37.3 Å². The lowest BCUT2D eigenvalue weighted by molar-refractivity contribution is -0.117. The van der Waals surface area contributed by atoms with Gasteiger partial charge in [0.2, 0.25) is 5.91 Å². The zero-order chi connectivity index (χ0) is 24.1. The van der Waals surface area contributed by atoms with Crippen molar-refractivity contribution >= 4 is 40.2 Å². The Hall–Kier alpha value is -3.47. The average molecular weight is 493 g/mol. The average Bonchev–Trinajstić information content (AvgIpc) is 3.12. The molecule has 1 saturated heterocycles. The lowest BCUT2D eigenvalue weighted by Crippen LogP contribution is -2.32. The minimum atomic E-state index is -0.535. The lowest BCUT2D eigenvalue weighted by Gasteiger charge is -2.16. The van der Waals surface area contributed by atoms with Crippen LogP contribution in [0.15, 0.2) is 66.7 Å². The number of imide groups is 1. The predicted molar refractivity (Wildman–Crippen MR) is 133 cm³/mol. The highest BCUT2D eigenvalue weighted by Gasteiger charge is 2.40. The minimum absolute atomic E-state index is 0.227. The number of thioether (sulfide) groups is 1. The molecule has 0 bridgehead atoms. The quantitative estimate of drug-likeness (QED) is 0.383. The van der Waals surface area contributed by atoms with Crippen LogP contribution in [0.5, 0.6) is 11.5 Å². The van der Waals surface area contributed by atoms with Crippen molar-refractivity contribution in [1.29, 1.82) is 5.26 Å². The van der Waals surface area contributed by atoms with Crippen LogP contribution in [0.1, 0.15) is 23.6 Å². The fourth-order valence-electron chi connectivity index (χ4n) is 3.60. The fourth-order valence-corrected chi connectivity index (χ4v) is 4.75. The second-order valence-corrected chi connectivity index (χ2v) is 9.09. The molecule has 2 amide bonds. The van der Waals surface area contributed by atoms with Crippen molar-refractivity contribution in [3.63, 3.8) is 0 Å². The van der Waals surface area contributed by atoms with Crippen LogP contribution in [-0.2, 0) is 17.8 Å². The van der Waals surface area contributed by atoms with Crippen molar-refractivity contribution in [3.8, 4) is 17.6 Å². The maximum atomic E-state index is 13.0. The molecule has 0 unspecified atom stereocenters. The van der Waals surface area contributed by atoms with Crippen molar-refractivity contribution in [2.24, 2.45) is 0 Å². The van der Waals surface area contributed by atoms with E-state index in [1.165, 1.54) is 4.90 Å². The van der Waals surface area contributed by atoms with Gasteiger partial charge in [0, 0.05) is 10.6 Å². The first-order valence-corrected chi connectivity index (χ1v) is 11.9. The summed E-state index contributed by atoms with van der Waals surface area (Å²) in [5, 5.41) is 8.97. The van der Waals surface area contributed by atoms with E-state index >= 15 is 0 Å². The maximum absolute atomic E-state index is 13.0. The highest BCUT2D eigenvalue weighted by Crippen LogP contribution is 2.36. The second-order valence-electron chi connectivity index (χ2n) is 7.50. The number of hydrogen-bond donors (Lipinski definition) is 0. The van der Waals surface area contributed by atoms with Gasteiger partial charge >= 0.3 is 0 Å². The van der Waals surface area contributed by atoms with Crippen molar-refractivity contribution in [3.05, 3.63) is 88.4 Å². The standard InChI is InChI=1S/C26H21ClN2O4S/c1-2-32-23-13-17(7-12-22(23)33-16-19-6-4-3-5-18(19)15-28)14-24-25(30)29(26(31)34-24)21-10-8-20(27)9-11-21/h3-13,24H,2,14,16H2,1H3/t24-/m1/s1. The molecule has 8 heteroatoms. The van der Waals surface area contributed by atoms with Crippen LogP contribution >= 0.6 is 23.4 Å². The van der Waals surface area contributed by atoms with Gasteiger partial charge in [-0.15, -0.1) is 0 Å². The van der Waals surface area contributed by atoms with E-state index in [4.69, 9.17) is 21.1 Å². The normalized spacial score (nSPS) is 15.3. The first-order chi connectivity index (χ1) is 16.5. The molecule has 0 saturated carbocycles. The molecule has 34 heavy (non-hydrogen) atoms. The second kappa shape index (κ2) is 10.6. The Balaban J connectivity index is 1.49. The van der Waals surface area contributed by atoms with Crippen LogP contribution in [0.25, 0.3) is 0 Å². The zero-order valence-electron chi connectivity index (χ0n) is 18.4. The van der Waals surface area contributed by atoms with Crippen LogP contribution < -0.4 is 14.4 Å². The van der Waals surface area contributed by atoms with Gasteiger partial charge in [-0.05, 0) is 61.4 Å². The van der Waals surface area contributed by atoms with Gasteiger partial charge in [0.05, 0.1) is 29.2 Å². The van der Waals surface area contributed by atoms with Gasteiger partial charge in [0.15, 0.2) is 11.5 Å². The molecule has 3 aromatic carbocycles. The Labute approximate surface area is 207 Å². The third-order valence-corrected chi connectivity index (χ3v) is 6.55. The van der Waals surface area contributed by atoms with Gasteiger partial charge < -0.3 is 9.47 Å². The maximum Gasteiger partial charge on any atom is 0.293 e. The van der Waals surface area contributed by atoms with Gasteiger partial charge in [-0.2, -0.15) is 5.26 Å². The number of carbonyl (C=O) groups excluding carboxylic acids is 2. The third kappa shape index (κ3) is 5.19. The summed E-state index contributed by atoms with van der Waals surface area (Å²) in [5.74, 6) is 0.831. The summed E-state index contributed by atoms with van der Waals surface area (Å²) in [6.45, 7) is 2.54. The van der Waals surface area contributed by atoms with Crippen LogP contribution in [0.4, 0.5) is 10.5 Å². The Kier molecular flexibility index (Phi) is 7.41. The van der Waals surface area contributed by atoms with Crippen molar-refractivity contribution in [2.45, 2.75) is 25.2 Å². The smallest absolute Gasteiger partial charge is 0.293 e. The van der Waals surface area contributed by atoms with Crippen molar-refractivity contribution in [2.75, 3.05) is 11.5 Å². The topological polar surface area (TPSA) is 79.6 Å². The molecule has 1 aliphatic heterocycles. The Morgan fingerprint density at radius 3 is 2.53 bits per heavy atom. The van der Waals surface area contributed by atoms with Gasteiger partial charge in [0.25, 0.3) is 5.24 Å². The number of benzene rings is 3. The molecule has 0 aliphatic carbocycles. The van der Waals surface area contributed by atoms with Gasteiger partial charge in [-0.3, -0.25) is 9.59 Å². The number of halogens is 1. The van der Waals surface area contributed by atoms with Gasteiger partial charge in [-0.1, -0.05) is 47.6 Å². The molecule has 0 spiro atoms. The molecule has 1 aliphatic rings. The molecular weight excluding hydrogens is 472 g/mol.